The van der Waals surface area contributed by atoms with E-state index in [0.29, 0.717) is 38.6 Å². The molecule has 0 radical (unpaired) electrons. The Labute approximate surface area is 173 Å². The summed E-state index contributed by atoms with van der Waals surface area (Å²) in [5.41, 5.74) is 5.14. The predicted octanol–water partition coefficient (Wildman–Crippen LogP) is 3.82. The van der Waals surface area contributed by atoms with E-state index in [9.17, 15) is 9.59 Å². The fourth-order valence-corrected chi connectivity index (χ4v) is 3.52. The highest BCUT2D eigenvalue weighted by molar-refractivity contribution is 5.95. The highest BCUT2D eigenvalue weighted by atomic mass is 16.2. The van der Waals surface area contributed by atoms with Crippen molar-refractivity contribution in [2.75, 3.05) is 38.0 Å². The molecule has 0 atom stereocenters. The molecule has 1 saturated heterocycles. The van der Waals surface area contributed by atoms with E-state index < -0.39 is 0 Å². The highest BCUT2D eigenvalue weighted by Gasteiger charge is 2.23. The largest absolute Gasteiger partial charge is 0.336 e. The SMILES string of the molecule is Cc1ccc(C(=O)N2CCN(CC(=O)Nc3ccc(C(C)C)cc3)CC2)cc1C. The molecule has 1 N–H and O–H groups in total. The molecule has 2 aromatic rings. The minimum absolute atomic E-state index is 0.0174. The molecule has 0 unspecified atom stereocenters. The predicted molar refractivity (Wildman–Crippen MR) is 117 cm³/mol. The number of aryl methyl sites for hydroxylation is 2. The van der Waals surface area contributed by atoms with E-state index in [1.807, 2.05) is 49.1 Å². The summed E-state index contributed by atoms with van der Waals surface area (Å²) in [5.74, 6) is 0.529. The first-order chi connectivity index (χ1) is 13.8. The van der Waals surface area contributed by atoms with E-state index in [-0.39, 0.29) is 11.8 Å². The number of amides is 2. The number of hydrogen-bond acceptors (Lipinski definition) is 3. The van der Waals surface area contributed by atoms with Gasteiger partial charge in [-0.15, -0.1) is 0 Å². The third-order valence-corrected chi connectivity index (χ3v) is 5.64. The van der Waals surface area contributed by atoms with Crippen molar-refractivity contribution in [1.29, 1.82) is 0 Å². The summed E-state index contributed by atoms with van der Waals surface area (Å²) in [6, 6.07) is 13.9. The fraction of sp³-hybridized carbons (Fsp3) is 0.417. The summed E-state index contributed by atoms with van der Waals surface area (Å²) in [5, 5.41) is 2.97. The quantitative estimate of drug-likeness (QED) is 0.840. The maximum Gasteiger partial charge on any atom is 0.253 e. The molecule has 1 aliphatic heterocycles. The molecule has 1 aliphatic rings. The van der Waals surface area contributed by atoms with Crippen molar-refractivity contribution in [1.82, 2.24) is 9.80 Å². The zero-order valence-corrected chi connectivity index (χ0v) is 17.9. The topological polar surface area (TPSA) is 52.7 Å². The normalized spacial score (nSPS) is 14.9. The summed E-state index contributed by atoms with van der Waals surface area (Å²) in [4.78, 5) is 29.1. The minimum atomic E-state index is -0.0174. The van der Waals surface area contributed by atoms with Crippen LogP contribution < -0.4 is 5.32 Å². The first-order valence-electron chi connectivity index (χ1n) is 10.3. The lowest BCUT2D eigenvalue weighted by Crippen LogP contribution is -2.50. The van der Waals surface area contributed by atoms with Crippen LogP contribution >= 0.6 is 0 Å². The van der Waals surface area contributed by atoms with Gasteiger partial charge in [0.15, 0.2) is 0 Å². The molecule has 5 nitrogen and oxygen atoms in total. The molecule has 1 heterocycles. The maximum absolute atomic E-state index is 12.7. The van der Waals surface area contributed by atoms with Crippen LogP contribution in [0.4, 0.5) is 5.69 Å². The zero-order valence-electron chi connectivity index (χ0n) is 17.9. The van der Waals surface area contributed by atoms with Gasteiger partial charge >= 0.3 is 0 Å². The van der Waals surface area contributed by atoms with Gasteiger partial charge in [0.1, 0.15) is 0 Å². The molecule has 0 aliphatic carbocycles. The minimum Gasteiger partial charge on any atom is -0.336 e. The van der Waals surface area contributed by atoms with Crippen molar-refractivity contribution < 1.29 is 9.59 Å². The van der Waals surface area contributed by atoms with Gasteiger partial charge in [0.05, 0.1) is 6.54 Å². The molecule has 154 valence electrons. The number of anilines is 1. The molecule has 5 heteroatoms. The average Bonchev–Trinajstić information content (AvgIpc) is 2.70. The van der Waals surface area contributed by atoms with E-state index in [2.05, 4.69) is 36.2 Å². The molecule has 0 spiro atoms. The summed E-state index contributed by atoms with van der Waals surface area (Å²) in [7, 11) is 0. The first kappa shape index (κ1) is 21.1. The lowest BCUT2D eigenvalue weighted by atomic mass is 10.0. The highest BCUT2D eigenvalue weighted by Crippen LogP contribution is 2.17. The lowest BCUT2D eigenvalue weighted by molar-refractivity contribution is -0.117. The van der Waals surface area contributed by atoms with Gasteiger partial charge in [-0.1, -0.05) is 32.0 Å². The summed E-state index contributed by atoms with van der Waals surface area (Å²) in [6.07, 6.45) is 0. The van der Waals surface area contributed by atoms with Crippen molar-refractivity contribution in [3.8, 4) is 0 Å². The smallest absolute Gasteiger partial charge is 0.253 e. The van der Waals surface area contributed by atoms with E-state index >= 15 is 0 Å². The molecule has 3 rings (SSSR count). The molecular weight excluding hydrogens is 362 g/mol. The monoisotopic (exact) mass is 393 g/mol. The van der Waals surface area contributed by atoms with Crippen molar-refractivity contribution >= 4 is 17.5 Å². The Morgan fingerprint density at radius 2 is 1.59 bits per heavy atom. The number of carbonyl (C=O) groups excluding carboxylic acids is 2. The molecule has 0 saturated carbocycles. The summed E-state index contributed by atoms with van der Waals surface area (Å²) < 4.78 is 0. The Morgan fingerprint density at radius 3 is 2.17 bits per heavy atom. The molecular formula is C24H31N3O2. The van der Waals surface area contributed by atoms with Crippen molar-refractivity contribution in [2.45, 2.75) is 33.6 Å². The number of nitrogens with zero attached hydrogens (tertiary/aromatic N) is 2. The molecule has 1 fully saturated rings. The van der Waals surface area contributed by atoms with E-state index in [4.69, 9.17) is 0 Å². The third-order valence-electron chi connectivity index (χ3n) is 5.64. The van der Waals surface area contributed by atoms with Crippen molar-refractivity contribution in [3.05, 3.63) is 64.7 Å². The van der Waals surface area contributed by atoms with Crippen molar-refractivity contribution in [3.63, 3.8) is 0 Å². The van der Waals surface area contributed by atoms with Gasteiger partial charge in [-0.05, 0) is 60.7 Å². The van der Waals surface area contributed by atoms with Crippen LogP contribution in [-0.4, -0.2) is 54.3 Å². The van der Waals surface area contributed by atoms with Crippen LogP contribution in [0.3, 0.4) is 0 Å². The van der Waals surface area contributed by atoms with E-state index in [1.165, 1.54) is 11.1 Å². The van der Waals surface area contributed by atoms with Crippen LogP contribution in [0.1, 0.15) is 46.8 Å². The van der Waals surface area contributed by atoms with E-state index in [1.54, 1.807) is 0 Å². The molecule has 2 amide bonds. The van der Waals surface area contributed by atoms with Gasteiger partial charge in [0.2, 0.25) is 5.91 Å². The number of rotatable bonds is 5. The number of nitrogens with one attached hydrogen (secondary N) is 1. The maximum atomic E-state index is 12.7. The standard InChI is InChI=1S/C24H31N3O2/c1-17(2)20-7-9-22(10-8-20)25-23(28)16-26-11-13-27(14-12-26)24(29)21-6-5-18(3)19(4)15-21/h5-10,15,17H,11-14,16H2,1-4H3,(H,25,28). The van der Waals surface area contributed by atoms with Gasteiger partial charge in [-0.2, -0.15) is 0 Å². The Kier molecular flexibility index (Phi) is 6.70. The molecule has 29 heavy (non-hydrogen) atoms. The van der Waals surface area contributed by atoms with Crippen LogP contribution in [-0.2, 0) is 4.79 Å². The Balaban J connectivity index is 1.48. The zero-order chi connectivity index (χ0) is 21.0. The lowest BCUT2D eigenvalue weighted by Gasteiger charge is -2.34. The van der Waals surface area contributed by atoms with Gasteiger partial charge < -0.3 is 10.2 Å². The van der Waals surface area contributed by atoms with Gasteiger partial charge in [0.25, 0.3) is 5.91 Å². The Bertz CT molecular complexity index is 866. The second-order valence-electron chi connectivity index (χ2n) is 8.19. The van der Waals surface area contributed by atoms with E-state index in [0.717, 1.165) is 16.8 Å². The van der Waals surface area contributed by atoms with Gasteiger partial charge in [-0.25, -0.2) is 0 Å². The van der Waals surface area contributed by atoms with Crippen LogP contribution in [0.25, 0.3) is 0 Å². The average molecular weight is 394 g/mol. The van der Waals surface area contributed by atoms with Gasteiger partial charge in [0, 0.05) is 37.4 Å². The Morgan fingerprint density at radius 1 is 0.931 bits per heavy atom. The van der Waals surface area contributed by atoms with Crippen molar-refractivity contribution in [2.24, 2.45) is 0 Å². The fourth-order valence-electron chi connectivity index (χ4n) is 3.52. The summed E-state index contributed by atoms with van der Waals surface area (Å²) >= 11 is 0. The van der Waals surface area contributed by atoms with Crippen LogP contribution in [0, 0.1) is 13.8 Å². The van der Waals surface area contributed by atoms with Gasteiger partial charge in [-0.3, -0.25) is 14.5 Å². The van der Waals surface area contributed by atoms with Crippen LogP contribution in [0.2, 0.25) is 0 Å². The number of benzene rings is 2. The van der Waals surface area contributed by atoms with Crippen LogP contribution in [0.5, 0.6) is 0 Å². The molecule has 0 bridgehead atoms. The summed E-state index contributed by atoms with van der Waals surface area (Å²) in [6.45, 7) is 11.4. The number of piperazine rings is 1. The molecule has 2 aromatic carbocycles. The number of hydrogen-bond donors (Lipinski definition) is 1. The second kappa shape index (κ2) is 9.23. The third kappa shape index (κ3) is 5.45. The number of carbonyl (C=O) groups is 2. The van der Waals surface area contributed by atoms with Crippen LogP contribution in [0.15, 0.2) is 42.5 Å². The Hall–Kier alpha value is -2.66. The first-order valence-corrected chi connectivity index (χ1v) is 10.3. The molecule has 0 aromatic heterocycles. The second-order valence-corrected chi connectivity index (χ2v) is 8.19.